The average Bonchev–Trinajstić information content (AvgIpc) is 2.40. The van der Waals surface area contributed by atoms with Gasteiger partial charge in [0.05, 0.1) is 11.1 Å². The lowest BCUT2D eigenvalue weighted by Gasteiger charge is -2.25. The first-order valence-electron chi connectivity index (χ1n) is 6.31. The molecule has 1 N–H and O–H groups in total. The molecule has 18 heavy (non-hydrogen) atoms. The standard InChI is InChI=1S/C14H16ClFN2/c15-12-7-6-10(8-13(12)16)14(9-17)18-11-4-2-1-3-5-11/h6-8,11,14,18H,1-5H2. The summed E-state index contributed by atoms with van der Waals surface area (Å²) in [5.41, 5.74) is 0.643. The van der Waals surface area contributed by atoms with Crippen LogP contribution in [0.25, 0.3) is 0 Å². The maximum absolute atomic E-state index is 13.4. The highest BCUT2D eigenvalue weighted by molar-refractivity contribution is 6.30. The van der Waals surface area contributed by atoms with Gasteiger partial charge in [-0.2, -0.15) is 5.26 Å². The molecule has 0 radical (unpaired) electrons. The minimum absolute atomic E-state index is 0.0908. The van der Waals surface area contributed by atoms with Crippen LogP contribution in [0, 0.1) is 17.1 Å². The summed E-state index contributed by atoms with van der Waals surface area (Å²) >= 11 is 5.64. The van der Waals surface area contributed by atoms with Gasteiger partial charge < -0.3 is 0 Å². The van der Waals surface area contributed by atoms with E-state index >= 15 is 0 Å². The molecule has 1 atom stereocenters. The molecule has 2 nitrogen and oxygen atoms in total. The summed E-state index contributed by atoms with van der Waals surface area (Å²) in [5.74, 6) is -0.472. The van der Waals surface area contributed by atoms with Gasteiger partial charge in [-0.25, -0.2) is 4.39 Å². The van der Waals surface area contributed by atoms with Crippen molar-refractivity contribution in [3.05, 3.63) is 34.6 Å². The van der Waals surface area contributed by atoms with Crippen LogP contribution < -0.4 is 5.32 Å². The van der Waals surface area contributed by atoms with Crippen LogP contribution in [0.3, 0.4) is 0 Å². The predicted molar refractivity (Wildman–Crippen MR) is 69.8 cm³/mol. The summed E-state index contributed by atoms with van der Waals surface area (Å²) in [7, 11) is 0. The molecule has 0 heterocycles. The SMILES string of the molecule is N#CC(NC1CCCCC1)c1ccc(Cl)c(F)c1. The lowest BCUT2D eigenvalue weighted by Crippen LogP contribution is -2.33. The normalized spacial score (nSPS) is 18.3. The second kappa shape index (κ2) is 6.17. The van der Waals surface area contributed by atoms with Crippen LogP contribution >= 0.6 is 11.6 Å². The Balaban J connectivity index is 2.07. The van der Waals surface area contributed by atoms with Gasteiger partial charge in [-0.05, 0) is 30.5 Å². The highest BCUT2D eigenvalue weighted by atomic mass is 35.5. The van der Waals surface area contributed by atoms with Gasteiger partial charge >= 0.3 is 0 Å². The highest BCUT2D eigenvalue weighted by Gasteiger charge is 2.19. The Hall–Kier alpha value is -1.11. The number of benzene rings is 1. The van der Waals surface area contributed by atoms with E-state index in [1.807, 2.05) is 0 Å². The van der Waals surface area contributed by atoms with E-state index in [2.05, 4.69) is 11.4 Å². The molecular weight excluding hydrogens is 251 g/mol. The summed E-state index contributed by atoms with van der Waals surface area (Å²) in [6, 6.07) is 6.64. The Bertz CT molecular complexity index is 450. The minimum atomic E-state index is -0.472. The van der Waals surface area contributed by atoms with Crippen molar-refractivity contribution in [1.29, 1.82) is 5.26 Å². The maximum Gasteiger partial charge on any atom is 0.142 e. The zero-order valence-corrected chi connectivity index (χ0v) is 10.9. The van der Waals surface area contributed by atoms with Gasteiger partial charge in [0.1, 0.15) is 11.9 Å². The molecule has 1 aromatic carbocycles. The molecule has 2 rings (SSSR count). The molecule has 0 saturated heterocycles. The van der Waals surface area contributed by atoms with Gasteiger partial charge in [0.25, 0.3) is 0 Å². The number of nitriles is 1. The van der Waals surface area contributed by atoms with Crippen LogP contribution in [-0.2, 0) is 0 Å². The van der Waals surface area contributed by atoms with E-state index < -0.39 is 11.9 Å². The topological polar surface area (TPSA) is 35.8 Å². The molecule has 0 spiro atoms. The van der Waals surface area contributed by atoms with Crippen molar-refractivity contribution < 1.29 is 4.39 Å². The van der Waals surface area contributed by atoms with Crippen LogP contribution in [0.2, 0.25) is 5.02 Å². The Morgan fingerprint density at radius 3 is 2.67 bits per heavy atom. The summed E-state index contributed by atoms with van der Waals surface area (Å²) in [5, 5.41) is 12.6. The molecule has 1 unspecified atom stereocenters. The maximum atomic E-state index is 13.4. The average molecular weight is 267 g/mol. The van der Waals surface area contributed by atoms with E-state index in [9.17, 15) is 9.65 Å². The zero-order chi connectivity index (χ0) is 13.0. The third-order valence-corrected chi connectivity index (χ3v) is 3.72. The monoisotopic (exact) mass is 266 g/mol. The first-order valence-corrected chi connectivity index (χ1v) is 6.69. The molecule has 1 saturated carbocycles. The lowest BCUT2D eigenvalue weighted by molar-refractivity contribution is 0.359. The van der Waals surface area contributed by atoms with Gasteiger partial charge in [-0.15, -0.1) is 0 Å². The number of nitrogens with one attached hydrogen (secondary N) is 1. The number of hydrogen-bond donors (Lipinski definition) is 1. The van der Waals surface area contributed by atoms with E-state index in [0.717, 1.165) is 12.8 Å². The molecule has 0 bridgehead atoms. The molecule has 1 aromatic rings. The molecular formula is C14H16ClFN2. The van der Waals surface area contributed by atoms with E-state index in [1.165, 1.54) is 31.4 Å². The van der Waals surface area contributed by atoms with Crippen molar-refractivity contribution in [2.24, 2.45) is 0 Å². The highest BCUT2D eigenvalue weighted by Crippen LogP contribution is 2.23. The number of halogens is 2. The minimum Gasteiger partial charge on any atom is -0.295 e. The molecule has 96 valence electrons. The van der Waals surface area contributed by atoms with Crippen LogP contribution in [0.15, 0.2) is 18.2 Å². The van der Waals surface area contributed by atoms with Gasteiger partial charge in [0.15, 0.2) is 0 Å². The zero-order valence-electron chi connectivity index (χ0n) is 10.1. The molecule has 4 heteroatoms. The van der Waals surface area contributed by atoms with Crippen molar-refractivity contribution in [1.82, 2.24) is 5.32 Å². The van der Waals surface area contributed by atoms with E-state index in [0.29, 0.717) is 11.6 Å². The molecule has 0 aliphatic heterocycles. The molecule has 0 aromatic heterocycles. The summed E-state index contributed by atoms with van der Waals surface area (Å²) in [6.45, 7) is 0. The van der Waals surface area contributed by atoms with E-state index in [-0.39, 0.29) is 5.02 Å². The van der Waals surface area contributed by atoms with Crippen LogP contribution in [0.4, 0.5) is 4.39 Å². The number of nitrogens with zero attached hydrogens (tertiary/aromatic N) is 1. The largest absolute Gasteiger partial charge is 0.295 e. The summed E-state index contributed by atoms with van der Waals surface area (Å²) in [4.78, 5) is 0. The smallest absolute Gasteiger partial charge is 0.142 e. The van der Waals surface area contributed by atoms with Gasteiger partial charge in [-0.1, -0.05) is 36.9 Å². The second-order valence-electron chi connectivity index (χ2n) is 4.74. The van der Waals surface area contributed by atoms with Crippen molar-refractivity contribution >= 4 is 11.6 Å². The third kappa shape index (κ3) is 3.22. The van der Waals surface area contributed by atoms with Crippen LogP contribution in [-0.4, -0.2) is 6.04 Å². The molecule has 1 aliphatic carbocycles. The van der Waals surface area contributed by atoms with Crippen LogP contribution in [0.5, 0.6) is 0 Å². The Kier molecular flexibility index (Phi) is 4.57. The summed E-state index contributed by atoms with van der Waals surface area (Å²) < 4.78 is 13.4. The van der Waals surface area contributed by atoms with Crippen LogP contribution in [0.1, 0.15) is 43.7 Å². The Morgan fingerprint density at radius 1 is 1.33 bits per heavy atom. The number of hydrogen-bond acceptors (Lipinski definition) is 2. The van der Waals surface area contributed by atoms with Crippen molar-refractivity contribution in [3.63, 3.8) is 0 Å². The molecule has 1 fully saturated rings. The van der Waals surface area contributed by atoms with E-state index in [1.54, 1.807) is 6.07 Å². The predicted octanol–water partition coefficient (Wildman–Crippen LogP) is 3.97. The van der Waals surface area contributed by atoms with E-state index in [4.69, 9.17) is 11.6 Å². The first kappa shape index (κ1) is 13.3. The van der Waals surface area contributed by atoms with Crippen molar-refractivity contribution in [2.45, 2.75) is 44.2 Å². The fraction of sp³-hybridized carbons (Fsp3) is 0.500. The van der Waals surface area contributed by atoms with Gasteiger partial charge in [-0.3, -0.25) is 5.32 Å². The quantitative estimate of drug-likeness (QED) is 0.899. The molecule has 1 aliphatic rings. The van der Waals surface area contributed by atoms with Crippen molar-refractivity contribution in [3.8, 4) is 6.07 Å². The second-order valence-corrected chi connectivity index (χ2v) is 5.14. The third-order valence-electron chi connectivity index (χ3n) is 3.41. The van der Waals surface area contributed by atoms with Gasteiger partial charge in [0, 0.05) is 6.04 Å². The first-order chi connectivity index (χ1) is 8.70. The Labute approximate surface area is 112 Å². The number of rotatable bonds is 3. The summed E-state index contributed by atoms with van der Waals surface area (Å²) in [6.07, 6.45) is 5.85. The van der Waals surface area contributed by atoms with Gasteiger partial charge in [0.2, 0.25) is 0 Å². The molecule has 0 amide bonds. The Morgan fingerprint density at radius 2 is 2.06 bits per heavy atom. The fourth-order valence-corrected chi connectivity index (χ4v) is 2.52. The fourth-order valence-electron chi connectivity index (χ4n) is 2.40. The lowest BCUT2D eigenvalue weighted by atomic mass is 9.94. The van der Waals surface area contributed by atoms with Crippen molar-refractivity contribution in [2.75, 3.05) is 0 Å².